The van der Waals surface area contributed by atoms with E-state index in [9.17, 15) is 0 Å². The number of benzene rings is 1. The zero-order valence-corrected chi connectivity index (χ0v) is 12.3. The Morgan fingerprint density at radius 1 is 1.24 bits per heavy atom. The van der Waals surface area contributed by atoms with Crippen LogP contribution in [-0.4, -0.2) is 20.0 Å². The van der Waals surface area contributed by atoms with Crippen LogP contribution in [0.25, 0.3) is 16.7 Å². The maximum absolute atomic E-state index is 6.30. The molecule has 0 saturated heterocycles. The number of nitrogens with one attached hydrogen (secondary N) is 1. The second-order valence-electron chi connectivity index (χ2n) is 5.57. The van der Waals surface area contributed by atoms with Gasteiger partial charge in [-0.2, -0.15) is 10.2 Å². The van der Waals surface area contributed by atoms with Gasteiger partial charge in [0.2, 0.25) is 0 Å². The highest BCUT2D eigenvalue weighted by molar-refractivity contribution is 6.32. The SMILES string of the molecule is Nc1[nH]nc2c1c(C1CCCC1)nn2-c1ccccc1Cl. The smallest absolute Gasteiger partial charge is 0.186 e. The van der Waals surface area contributed by atoms with Gasteiger partial charge in [0, 0.05) is 5.92 Å². The summed E-state index contributed by atoms with van der Waals surface area (Å²) in [6, 6.07) is 7.65. The molecule has 3 aromatic rings. The summed E-state index contributed by atoms with van der Waals surface area (Å²) in [6.45, 7) is 0. The molecular weight excluding hydrogens is 286 g/mol. The Hall–Kier alpha value is -2.01. The molecule has 0 unspecified atom stereocenters. The first kappa shape index (κ1) is 12.7. The highest BCUT2D eigenvalue weighted by Crippen LogP contribution is 2.39. The number of aromatic nitrogens is 4. The number of nitrogen functional groups attached to an aromatic ring is 1. The van der Waals surface area contributed by atoms with Gasteiger partial charge in [-0.15, -0.1) is 0 Å². The van der Waals surface area contributed by atoms with Gasteiger partial charge in [-0.05, 0) is 25.0 Å². The number of para-hydroxylation sites is 1. The summed E-state index contributed by atoms with van der Waals surface area (Å²) in [4.78, 5) is 0. The third-order valence-electron chi connectivity index (χ3n) is 4.26. The van der Waals surface area contributed by atoms with Crippen LogP contribution in [0.5, 0.6) is 0 Å². The minimum atomic E-state index is 0.469. The van der Waals surface area contributed by atoms with Gasteiger partial charge in [-0.1, -0.05) is 36.6 Å². The van der Waals surface area contributed by atoms with E-state index in [4.69, 9.17) is 22.4 Å². The van der Waals surface area contributed by atoms with Gasteiger partial charge < -0.3 is 5.73 Å². The Kier molecular flexibility index (Phi) is 2.89. The maximum atomic E-state index is 6.30. The Morgan fingerprint density at radius 2 is 2.00 bits per heavy atom. The number of nitrogens with two attached hydrogens (primary N) is 1. The first-order chi connectivity index (χ1) is 10.3. The summed E-state index contributed by atoms with van der Waals surface area (Å²) >= 11 is 6.30. The number of rotatable bonds is 2. The van der Waals surface area contributed by atoms with Gasteiger partial charge in [-0.25, -0.2) is 4.68 Å². The molecule has 2 heterocycles. The Labute approximate surface area is 127 Å². The Morgan fingerprint density at radius 3 is 2.76 bits per heavy atom. The van der Waals surface area contributed by atoms with Crippen molar-refractivity contribution in [3.05, 3.63) is 35.0 Å². The fraction of sp³-hybridized carbons (Fsp3) is 0.333. The first-order valence-electron chi connectivity index (χ1n) is 7.23. The zero-order valence-electron chi connectivity index (χ0n) is 11.5. The number of anilines is 1. The summed E-state index contributed by atoms with van der Waals surface area (Å²) in [7, 11) is 0. The van der Waals surface area contributed by atoms with Crippen molar-refractivity contribution in [1.82, 2.24) is 20.0 Å². The van der Waals surface area contributed by atoms with Crippen LogP contribution in [0.1, 0.15) is 37.3 Å². The lowest BCUT2D eigenvalue weighted by Crippen LogP contribution is -2.01. The number of nitrogens with zero attached hydrogens (tertiary/aromatic N) is 3. The van der Waals surface area contributed by atoms with E-state index in [0.29, 0.717) is 16.8 Å². The van der Waals surface area contributed by atoms with E-state index in [2.05, 4.69) is 10.2 Å². The van der Waals surface area contributed by atoms with E-state index in [-0.39, 0.29) is 0 Å². The topological polar surface area (TPSA) is 72.5 Å². The number of hydrogen-bond acceptors (Lipinski definition) is 3. The fourth-order valence-corrected chi connectivity index (χ4v) is 3.45. The van der Waals surface area contributed by atoms with Crippen molar-refractivity contribution in [1.29, 1.82) is 0 Å². The van der Waals surface area contributed by atoms with Gasteiger partial charge in [0.1, 0.15) is 5.82 Å². The molecule has 1 saturated carbocycles. The molecule has 2 aromatic heterocycles. The number of fused-ring (bicyclic) bond motifs is 1. The molecule has 0 bridgehead atoms. The molecule has 1 aromatic carbocycles. The second-order valence-corrected chi connectivity index (χ2v) is 5.97. The van der Waals surface area contributed by atoms with Gasteiger partial charge in [-0.3, -0.25) is 5.10 Å². The van der Waals surface area contributed by atoms with Crippen molar-refractivity contribution < 1.29 is 0 Å². The molecule has 0 atom stereocenters. The van der Waals surface area contributed by atoms with E-state index >= 15 is 0 Å². The van der Waals surface area contributed by atoms with Crippen LogP contribution < -0.4 is 5.73 Å². The minimum Gasteiger partial charge on any atom is -0.383 e. The number of hydrogen-bond donors (Lipinski definition) is 2. The monoisotopic (exact) mass is 301 g/mol. The Balaban J connectivity index is 1.96. The van der Waals surface area contributed by atoms with Gasteiger partial charge in [0.15, 0.2) is 5.65 Å². The third-order valence-corrected chi connectivity index (χ3v) is 4.58. The van der Waals surface area contributed by atoms with E-state index < -0.39 is 0 Å². The Bertz CT molecular complexity index is 798. The maximum Gasteiger partial charge on any atom is 0.186 e. The van der Waals surface area contributed by atoms with Crippen molar-refractivity contribution in [2.45, 2.75) is 31.6 Å². The van der Waals surface area contributed by atoms with Crippen LogP contribution in [-0.2, 0) is 0 Å². The molecule has 1 aliphatic carbocycles. The van der Waals surface area contributed by atoms with Crippen LogP contribution in [0.3, 0.4) is 0 Å². The molecule has 0 amide bonds. The summed E-state index contributed by atoms with van der Waals surface area (Å²) in [5.74, 6) is 1.06. The van der Waals surface area contributed by atoms with E-state index in [1.807, 2.05) is 24.3 Å². The van der Waals surface area contributed by atoms with Gasteiger partial charge in [0.25, 0.3) is 0 Å². The molecule has 0 radical (unpaired) electrons. The zero-order chi connectivity index (χ0) is 14.4. The van der Waals surface area contributed by atoms with Gasteiger partial charge >= 0.3 is 0 Å². The molecule has 21 heavy (non-hydrogen) atoms. The quantitative estimate of drug-likeness (QED) is 0.759. The average Bonchev–Trinajstić information content (AvgIpc) is 3.18. The van der Waals surface area contributed by atoms with Crippen molar-refractivity contribution in [3.63, 3.8) is 0 Å². The summed E-state index contributed by atoms with van der Waals surface area (Å²) < 4.78 is 1.80. The standard InChI is InChI=1S/C15H16ClN5/c16-10-7-3-4-8-11(10)21-15-12(14(17)18-19-15)13(20-21)9-5-1-2-6-9/h3-4,7-9H,1-2,5-6H2,(H3,17,18,19). The molecule has 0 spiro atoms. The van der Waals surface area contributed by atoms with Crippen LogP contribution in [0.2, 0.25) is 5.02 Å². The summed E-state index contributed by atoms with van der Waals surface area (Å²) in [5, 5.41) is 13.6. The summed E-state index contributed by atoms with van der Waals surface area (Å²) in [5.41, 5.74) is 8.70. The molecule has 4 rings (SSSR count). The third kappa shape index (κ3) is 1.92. The molecule has 0 aliphatic heterocycles. The molecule has 5 nitrogen and oxygen atoms in total. The molecular formula is C15H16ClN5. The second kappa shape index (κ2) is 4.77. The molecule has 1 fully saturated rings. The van der Waals surface area contributed by atoms with Crippen LogP contribution >= 0.6 is 11.6 Å². The lowest BCUT2D eigenvalue weighted by Gasteiger charge is -2.06. The first-order valence-corrected chi connectivity index (χ1v) is 7.61. The van der Waals surface area contributed by atoms with Crippen LogP contribution in [0, 0.1) is 0 Å². The fourth-order valence-electron chi connectivity index (χ4n) is 3.23. The number of aromatic amines is 1. The molecule has 6 heteroatoms. The van der Waals surface area contributed by atoms with E-state index in [1.54, 1.807) is 4.68 Å². The lowest BCUT2D eigenvalue weighted by molar-refractivity contribution is 0.682. The van der Waals surface area contributed by atoms with Gasteiger partial charge in [0.05, 0.1) is 21.8 Å². The number of H-pyrrole nitrogens is 1. The van der Waals surface area contributed by atoms with Crippen molar-refractivity contribution in [2.75, 3.05) is 5.73 Å². The van der Waals surface area contributed by atoms with E-state index in [0.717, 1.165) is 22.4 Å². The highest BCUT2D eigenvalue weighted by Gasteiger charge is 2.26. The average molecular weight is 302 g/mol. The van der Waals surface area contributed by atoms with E-state index in [1.165, 1.54) is 25.7 Å². The molecule has 108 valence electrons. The molecule has 3 N–H and O–H groups in total. The van der Waals surface area contributed by atoms with Crippen LogP contribution in [0.15, 0.2) is 24.3 Å². The largest absolute Gasteiger partial charge is 0.383 e. The van der Waals surface area contributed by atoms with Crippen molar-refractivity contribution in [2.24, 2.45) is 0 Å². The van der Waals surface area contributed by atoms with Crippen LogP contribution in [0.4, 0.5) is 5.82 Å². The molecule has 1 aliphatic rings. The number of halogens is 1. The summed E-state index contributed by atoms with van der Waals surface area (Å²) in [6.07, 6.45) is 4.84. The predicted octanol–water partition coefficient (Wildman–Crippen LogP) is 3.64. The normalized spacial score (nSPS) is 16.0. The highest BCUT2D eigenvalue weighted by atomic mass is 35.5. The predicted molar refractivity (Wildman–Crippen MR) is 83.8 cm³/mol. The van der Waals surface area contributed by atoms with Crippen molar-refractivity contribution in [3.8, 4) is 5.69 Å². The lowest BCUT2D eigenvalue weighted by atomic mass is 10.0. The minimum absolute atomic E-state index is 0.469. The van der Waals surface area contributed by atoms with Crippen molar-refractivity contribution >= 4 is 28.5 Å².